The van der Waals surface area contributed by atoms with Crippen LogP contribution in [0.25, 0.3) is 11.1 Å². The standard InChI is InChI=1S/C23H22ClF3O2/c1-14-16(10-7-11-17(14)15-8-5-4-6-9-15)13-29-21(28)20-18(22(20,2)3)12-19(24)23(25,26)27/h4-12,18,20H,13H2,1-3H3/t18?,20-/m0/s1. The van der Waals surface area contributed by atoms with Crippen LogP contribution < -0.4 is 0 Å². The molecule has 2 nitrogen and oxygen atoms in total. The minimum absolute atomic E-state index is 0.0708. The summed E-state index contributed by atoms with van der Waals surface area (Å²) >= 11 is 5.34. The molecule has 1 aliphatic carbocycles. The molecule has 2 aromatic rings. The molecular weight excluding hydrogens is 401 g/mol. The van der Waals surface area contributed by atoms with Crippen LogP contribution in [0.4, 0.5) is 13.2 Å². The molecule has 0 aliphatic heterocycles. The van der Waals surface area contributed by atoms with Gasteiger partial charge in [0, 0.05) is 0 Å². The predicted molar refractivity (Wildman–Crippen MR) is 107 cm³/mol. The van der Waals surface area contributed by atoms with Crippen molar-refractivity contribution in [3.05, 3.63) is 70.8 Å². The lowest BCUT2D eigenvalue weighted by molar-refractivity contribution is -0.147. The van der Waals surface area contributed by atoms with E-state index in [0.29, 0.717) is 0 Å². The normalized spacial score (nSPS) is 21.0. The van der Waals surface area contributed by atoms with Crippen LogP contribution in [0.3, 0.4) is 0 Å². The highest BCUT2D eigenvalue weighted by molar-refractivity contribution is 6.30. The Morgan fingerprint density at radius 1 is 1.14 bits per heavy atom. The van der Waals surface area contributed by atoms with E-state index in [1.165, 1.54) is 0 Å². The fourth-order valence-electron chi connectivity index (χ4n) is 3.70. The van der Waals surface area contributed by atoms with Crippen LogP contribution >= 0.6 is 11.6 Å². The summed E-state index contributed by atoms with van der Waals surface area (Å²) in [5.41, 5.74) is 3.34. The largest absolute Gasteiger partial charge is 0.461 e. The molecule has 1 unspecified atom stereocenters. The van der Waals surface area contributed by atoms with Crippen LogP contribution in [-0.4, -0.2) is 12.1 Å². The number of hydrogen-bond acceptors (Lipinski definition) is 2. The molecule has 0 amide bonds. The summed E-state index contributed by atoms with van der Waals surface area (Å²) < 4.78 is 43.5. The molecule has 0 radical (unpaired) electrons. The Kier molecular flexibility index (Phi) is 5.81. The number of rotatable bonds is 5. The van der Waals surface area contributed by atoms with Gasteiger partial charge in [-0.25, -0.2) is 0 Å². The zero-order valence-corrected chi connectivity index (χ0v) is 17.1. The maximum atomic E-state index is 12.7. The van der Waals surface area contributed by atoms with Crippen molar-refractivity contribution < 1.29 is 22.7 Å². The maximum Gasteiger partial charge on any atom is 0.426 e. The predicted octanol–water partition coefficient (Wildman–Crippen LogP) is 6.66. The Bertz CT molecular complexity index is 933. The van der Waals surface area contributed by atoms with E-state index < -0.39 is 34.4 Å². The van der Waals surface area contributed by atoms with Crippen molar-refractivity contribution in [3.8, 4) is 11.1 Å². The van der Waals surface area contributed by atoms with E-state index in [1.54, 1.807) is 13.8 Å². The number of carbonyl (C=O) groups is 1. The highest BCUT2D eigenvalue weighted by Gasteiger charge is 2.62. The van der Waals surface area contributed by atoms with Gasteiger partial charge in [-0.1, -0.05) is 80.1 Å². The molecular formula is C23H22ClF3O2. The van der Waals surface area contributed by atoms with Gasteiger partial charge in [-0.05, 0) is 40.5 Å². The smallest absolute Gasteiger partial charge is 0.426 e. The molecule has 3 rings (SSSR count). The second-order valence-electron chi connectivity index (χ2n) is 7.90. The maximum absolute atomic E-state index is 12.7. The summed E-state index contributed by atoms with van der Waals surface area (Å²) in [6.45, 7) is 5.51. The summed E-state index contributed by atoms with van der Waals surface area (Å²) in [5.74, 6) is -1.75. The molecule has 29 heavy (non-hydrogen) atoms. The van der Waals surface area contributed by atoms with Gasteiger partial charge in [0.2, 0.25) is 0 Å². The lowest BCUT2D eigenvalue weighted by Gasteiger charge is -2.12. The zero-order valence-electron chi connectivity index (χ0n) is 16.4. The number of allylic oxidation sites excluding steroid dienone is 2. The van der Waals surface area contributed by atoms with Gasteiger partial charge in [0.1, 0.15) is 11.6 Å². The van der Waals surface area contributed by atoms with Crippen LogP contribution in [0.5, 0.6) is 0 Å². The Morgan fingerprint density at radius 2 is 1.79 bits per heavy atom. The lowest BCUT2D eigenvalue weighted by atomic mass is 9.97. The SMILES string of the molecule is Cc1c(COC(=O)[C@@H]2C(C=C(Cl)C(F)(F)F)C2(C)C)cccc1-c1ccccc1. The van der Waals surface area contributed by atoms with Gasteiger partial charge in [-0.2, -0.15) is 13.2 Å². The summed E-state index contributed by atoms with van der Waals surface area (Å²) in [7, 11) is 0. The van der Waals surface area contributed by atoms with Crippen LogP contribution in [0.2, 0.25) is 0 Å². The van der Waals surface area contributed by atoms with Crippen molar-refractivity contribution in [2.45, 2.75) is 33.6 Å². The van der Waals surface area contributed by atoms with E-state index in [2.05, 4.69) is 0 Å². The van der Waals surface area contributed by atoms with Crippen LogP contribution in [0.1, 0.15) is 25.0 Å². The Labute approximate surface area is 173 Å². The Morgan fingerprint density at radius 3 is 2.41 bits per heavy atom. The molecule has 1 aliphatic rings. The van der Waals surface area contributed by atoms with E-state index in [-0.39, 0.29) is 6.61 Å². The number of halogens is 4. The molecule has 2 aromatic carbocycles. The van der Waals surface area contributed by atoms with Crippen LogP contribution in [-0.2, 0) is 16.1 Å². The molecule has 154 valence electrons. The molecule has 6 heteroatoms. The molecule has 0 heterocycles. The second kappa shape index (κ2) is 7.86. The summed E-state index contributed by atoms with van der Waals surface area (Å²) in [5, 5.41) is -1.20. The van der Waals surface area contributed by atoms with Gasteiger partial charge in [0.15, 0.2) is 0 Å². The van der Waals surface area contributed by atoms with Crippen molar-refractivity contribution >= 4 is 17.6 Å². The molecule has 0 bridgehead atoms. The number of ether oxygens (including phenoxy) is 1. The topological polar surface area (TPSA) is 26.3 Å². The number of hydrogen-bond donors (Lipinski definition) is 0. The number of alkyl halides is 3. The first-order valence-electron chi connectivity index (χ1n) is 9.28. The third kappa shape index (κ3) is 4.50. The van der Waals surface area contributed by atoms with Gasteiger partial charge in [0.05, 0.1) is 5.92 Å². The van der Waals surface area contributed by atoms with Crippen LogP contribution in [0, 0.1) is 24.2 Å². The van der Waals surface area contributed by atoms with E-state index in [4.69, 9.17) is 16.3 Å². The van der Waals surface area contributed by atoms with E-state index in [0.717, 1.165) is 28.3 Å². The molecule has 1 saturated carbocycles. The van der Waals surface area contributed by atoms with E-state index >= 15 is 0 Å². The Hall–Kier alpha value is -2.27. The van der Waals surface area contributed by atoms with E-state index in [1.807, 2.05) is 55.5 Å². The molecule has 2 atom stereocenters. The summed E-state index contributed by atoms with van der Waals surface area (Å²) in [6.07, 6.45) is -3.68. The monoisotopic (exact) mass is 422 g/mol. The third-order valence-corrected chi connectivity index (χ3v) is 6.00. The quantitative estimate of drug-likeness (QED) is 0.503. The van der Waals surface area contributed by atoms with Crippen molar-refractivity contribution in [1.29, 1.82) is 0 Å². The molecule has 0 aromatic heterocycles. The first-order valence-corrected chi connectivity index (χ1v) is 9.66. The molecule has 0 spiro atoms. The Balaban J connectivity index is 1.70. The minimum Gasteiger partial charge on any atom is -0.461 e. The molecule has 0 saturated heterocycles. The van der Waals surface area contributed by atoms with Crippen molar-refractivity contribution in [1.82, 2.24) is 0 Å². The lowest BCUT2D eigenvalue weighted by Crippen LogP contribution is -2.11. The first kappa shape index (κ1) is 21.4. The van der Waals surface area contributed by atoms with Crippen molar-refractivity contribution in [3.63, 3.8) is 0 Å². The van der Waals surface area contributed by atoms with E-state index in [9.17, 15) is 18.0 Å². The number of carbonyl (C=O) groups excluding carboxylic acids is 1. The summed E-state index contributed by atoms with van der Waals surface area (Å²) in [6, 6.07) is 15.6. The molecule has 1 fully saturated rings. The average Bonchev–Trinajstić information content (AvgIpc) is 3.20. The molecule has 0 N–H and O–H groups in total. The zero-order chi connectivity index (χ0) is 21.4. The first-order chi connectivity index (χ1) is 13.5. The van der Waals surface area contributed by atoms with Gasteiger partial charge in [0.25, 0.3) is 0 Å². The van der Waals surface area contributed by atoms with Gasteiger partial charge in [-0.3, -0.25) is 4.79 Å². The third-order valence-electron chi connectivity index (χ3n) is 5.66. The fraction of sp³-hybridized carbons (Fsp3) is 0.348. The van der Waals surface area contributed by atoms with Gasteiger partial charge in [-0.15, -0.1) is 0 Å². The van der Waals surface area contributed by atoms with Gasteiger partial charge >= 0.3 is 12.1 Å². The van der Waals surface area contributed by atoms with Crippen LogP contribution in [0.15, 0.2) is 59.6 Å². The average molecular weight is 423 g/mol. The fourth-order valence-corrected chi connectivity index (χ4v) is 3.84. The highest BCUT2D eigenvalue weighted by atomic mass is 35.5. The summed E-state index contributed by atoms with van der Waals surface area (Å²) in [4.78, 5) is 12.5. The second-order valence-corrected chi connectivity index (χ2v) is 8.31. The van der Waals surface area contributed by atoms with Gasteiger partial charge < -0.3 is 4.74 Å². The number of benzene rings is 2. The number of esters is 1. The highest BCUT2D eigenvalue weighted by Crippen LogP contribution is 2.60. The van der Waals surface area contributed by atoms with Crippen molar-refractivity contribution in [2.24, 2.45) is 17.3 Å². The minimum atomic E-state index is -4.61. The van der Waals surface area contributed by atoms with Crippen molar-refractivity contribution in [2.75, 3.05) is 0 Å².